The topological polar surface area (TPSA) is 440 Å². The van der Waals surface area contributed by atoms with Gasteiger partial charge in [0.2, 0.25) is 5.89 Å². The fourth-order valence-corrected chi connectivity index (χ4v) is 14.6. The zero-order valence-corrected chi connectivity index (χ0v) is 63.1. The van der Waals surface area contributed by atoms with Crippen LogP contribution in [0.3, 0.4) is 0 Å². The largest absolute Gasteiger partial charge is 0.414 e. The average molecular weight is 1540 g/mol. The molecule has 0 bridgehead atoms. The van der Waals surface area contributed by atoms with Crippen molar-refractivity contribution >= 4 is 47.0 Å². The van der Waals surface area contributed by atoms with Crippen LogP contribution >= 0.6 is 0 Å². The molecule has 0 amide bonds. The summed E-state index contributed by atoms with van der Waals surface area (Å²) in [5, 5.41) is 41.7. The van der Waals surface area contributed by atoms with Gasteiger partial charge in [-0.1, -0.05) is 67.6 Å². The van der Waals surface area contributed by atoms with Crippen molar-refractivity contribution in [2.24, 2.45) is 0 Å². The number of aliphatic hydroxyl groups is 1. The van der Waals surface area contributed by atoms with E-state index in [0.717, 1.165) is 36.2 Å². The molecule has 6 aromatic carbocycles. The van der Waals surface area contributed by atoms with Crippen molar-refractivity contribution in [2.45, 2.75) is 117 Å². The van der Waals surface area contributed by atoms with Crippen LogP contribution < -0.4 is 33.2 Å². The number of rotatable bonds is 25. The number of nitrogens with zero attached hydrogens (tertiary/aromatic N) is 12. The molecular formula is C75H80F2N18O11S3. The van der Waals surface area contributed by atoms with Gasteiger partial charge in [0.1, 0.15) is 11.6 Å². The summed E-state index contributed by atoms with van der Waals surface area (Å²) < 4.78 is 127. The fraction of sp³-hybridized carbons (Fsp3) is 0.280. The fourth-order valence-electron chi connectivity index (χ4n) is 10.9. The van der Waals surface area contributed by atoms with Crippen LogP contribution in [0.2, 0.25) is 0 Å². The predicted molar refractivity (Wildman–Crippen MR) is 406 cm³/mol. The molecule has 34 heteroatoms. The van der Waals surface area contributed by atoms with Gasteiger partial charge in [0.25, 0.3) is 29.5 Å². The Morgan fingerprint density at radius 1 is 0.505 bits per heavy atom. The van der Waals surface area contributed by atoms with E-state index in [1.165, 1.54) is 61.1 Å². The number of nitrogens with one attached hydrogen (secondary N) is 3. The van der Waals surface area contributed by atoms with Crippen LogP contribution in [0.4, 0.5) is 26.2 Å². The van der Waals surface area contributed by atoms with E-state index in [1.54, 1.807) is 115 Å². The summed E-state index contributed by atoms with van der Waals surface area (Å²) in [5.41, 5.74) is 24.7. The molecule has 1 aliphatic heterocycles. The Hall–Kier alpha value is -11.1. The highest BCUT2D eigenvalue weighted by Crippen LogP contribution is 2.35. The van der Waals surface area contributed by atoms with Gasteiger partial charge >= 0.3 is 0 Å². The van der Waals surface area contributed by atoms with Gasteiger partial charge in [-0.25, -0.2) is 63.9 Å². The van der Waals surface area contributed by atoms with E-state index in [1.807, 2.05) is 24.3 Å². The van der Waals surface area contributed by atoms with E-state index in [4.69, 9.17) is 35.2 Å². The molecule has 10 N–H and O–H groups in total. The van der Waals surface area contributed by atoms with Gasteiger partial charge in [-0.15, -0.1) is 30.6 Å². The SMILES string of the molecule is CC(C)S(=O)(=O)c1ccc(-c2cnc(N)c(-c3nnc(-c4ccc(CNCC(C)(C)O)cc4F)o3)n2)cc1.CCCNCc1ccc(-c2nnc(-c3nc(-c4ccc(S(=O)(=O)C(C)C)cc4)cnc3N)o2)cc1.CNCc1ccc(-c2nnc(-c3nc(-c4ccc(S(=O)(=O)C5CCOC5)cc4)cnc3N)o2)c(F)c1. The molecule has 0 spiro atoms. The summed E-state index contributed by atoms with van der Waals surface area (Å²) in [6, 6.07) is 36.4. The van der Waals surface area contributed by atoms with Crippen LogP contribution in [-0.2, 0) is 53.9 Å². The molecule has 6 aromatic heterocycles. The maximum absolute atomic E-state index is 14.8. The summed E-state index contributed by atoms with van der Waals surface area (Å²) in [5.74, 6) is -0.424. The molecule has 1 saturated heterocycles. The highest BCUT2D eigenvalue weighted by molar-refractivity contribution is 7.92. The monoisotopic (exact) mass is 1540 g/mol. The van der Waals surface area contributed by atoms with Crippen LogP contribution in [0, 0.1) is 11.6 Å². The molecule has 109 heavy (non-hydrogen) atoms. The minimum absolute atomic E-state index is 0.0176. The maximum atomic E-state index is 14.8. The standard InChI is InChI=1S/C26H29FN6O4S.C25H28N6O3S.C24H23FN6O4S/c1-15(2)38(35,36)18-8-6-17(7-9-18)21-13-30-23(28)22(31-21)25-33-32-24(37-25)19-10-5-16(11-20(19)27)12-29-14-26(3,4)34;1-4-13-27-14-17-5-7-19(8-6-17)24-30-31-25(34-24)22-23(26)28-15-21(29-22)18-9-11-20(12-10-18)35(32,33)16(2)3;1-27-11-14-2-7-18(19(25)10-14)23-30-31-24(35-23)21-22(26)28-12-20(29-21)15-3-5-16(6-4-15)36(32,33)17-8-9-34-13-17/h5-11,13,15,29,34H,12,14H2,1-4H3,(H2,28,30);5-12,15-16,27H,4,13-14H2,1-3H3,(H2,26,28);2-7,10,12,17,27H,8-9,11,13H2,1H3,(H2,26,28). The Bertz CT molecular complexity index is 5530. The predicted octanol–water partition coefficient (Wildman–Crippen LogP) is 10.6. The number of hydrogen-bond donors (Lipinski definition) is 7. The molecule has 0 radical (unpaired) electrons. The first-order valence-electron chi connectivity index (χ1n) is 34.5. The summed E-state index contributed by atoms with van der Waals surface area (Å²) in [6.45, 7) is 15.7. The molecule has 13 rings (SSSR count). The van der Waals surface area contributed by atoms with Gasteiger partial charge in [0.15, 0.2) is 64.0 Å². The third-order valence-corrected chi connectivity index (χ3v) is 23.6. The van der Waals surface area contributed by atoms with Gasteiger partial charge in [0, 0.05) is 55.0 Å². The van der Waals surface area contributed by atoms with Crippen molar-refractivity contribution in [1.82, 2.24) is 76.4 Å². The van der Waals surface area contributed by atoms with E-state index in [2.05, 4.69) is 83.4 Å². The lowest BCUT2D eigenvalue weighted by Gasteiger charge is -2.17. The van der Waals surface area contributed by atoms with Crippen molar-refractivity contribution in [3.8, 4) is 103 Å². The van der Waals surface area contributed by atoms with Crippen LogP contribution in [0.5, 0.6) is 0 Å². The molecule has 12 aromatic rings. The van der Waals surface area contributed by atoms with Crippen molar-refractivity contribution < 1.29 is 57.1 Å². The Balaban J connectivity index is 0.000000163. The molecule has 1 atom stereocenters. The van der Waals surface area contributed by atoms with E-state index >= 15 is 0 Å². The average Bonchev–Trinajstić information content (AvgIpc) is 1.79. The van der Waals surface area contributed by atoms with E-state index < -0.39 is 62.5 Å². The van der Waals surface area contributed by atoms with Crippen molar-refractivity contribution in [3.63, 3.8) is 0 Å². The second-order valence-corrected chi connectivity index (χ2v) is 33.7. The van der Waals surface area contributed by atoms with Crippen LogP contribution in [0.25, 0.3) is 103 Å². The van der Waals surface area contributed by atoms with Gasteiger partial charge in [-0.3, -0.25) is 0 Å². The Kier molecular flexibility index (Phi) is 24.6. The lowest BCUT2D eigenvalue weighted by molar-refractivity contribution is 0.0795. The molecule has 1 fully saturated rings. The normalized spacial score (nSPS) is 13.3. The minimum atomic E-state index is -3.48. The zero-order valence-electron chi connectivity index (χ0n) is 60.6. The first kappa shape index (κ1) is 78.9. The highest BCUT2D eigenvalue weighted by atomic mass is 32.2. The van der Waals surface area contributed by atoms with Gasteiger partial charge < -0.3 is 56.2 Å². The number of nitrogens with two attached hydrogens (primary N) is 3. The van der Waals surface area contributed by atoms with Crippen molar-refractivity contribution in [3.05, 3.63) is 180 Å². The lowest BCUT2D eigenvalue weighted by Crippen LogP contribution is -2.34. The number of benzene rings is 6. The van der Waals surface area contributed by atoms with Crippen molar-refractivity contribution in [2.75, 3.05) is 50.6 Å². The number of halogens is 2. The zero-order chi connectivity index (χ0) is 78.0. The summed E-state index contributed by atoms with van der Waals surface area (Å²) in [7, 11) is -8.47. The van der Waals surface area contributed by atoms with Gasteiger partial charge in [-0.2, -0.15) is 0 Å². The molecular weight excluding hydrogens is 1460 g/mol. The Labute approximate surface area is 627 Å². The number of sulfone groups is 3. The maximum Gasteiger partial charge on any atom is 0.270 e. The molecule has 568 valence electrons. The smallest absolute Gasteiger partial charge is 0.270 e. The molecule has 7 heterocycles. The molecule has 0 aliphatic carbocycles. The van der Waals surface area contributed by atoms with Crippen LogP contribution in [-0.4, -0.2) is 146 Å². The third-order valence-electron chi connectivity index (χ3n) is 17.0. The second-order valence-electron chi connectivity index (χ2n) is 26.4. The van der Waals surface area contributed by atoms with Crippen molar-refractivity contribution in [1.29, 1.82) is 0 Å². The number of anilines is 3. The van der Waals surface area contributed by atoms with E-state index in [-0.39, 0.29) is 96.4 Å². The lowest BCUT2D eigenvalue weighted by atomic mass is 10.1. The second kappa shape index (κ2) is 34.0. The van der Waals surface area contributed by atoms with Gasteiger partial charge in [0.05, 0.1) is 89.4 Å². The van der Waals surface area contributed by atoms with Crippen LogP contribution in [0.15, 0.2) is 180 Å². The minimum Gasteiger partial charge on any atom is -0.414 e. The Morgan fingerprint density at radius 3 is 1.27 bits per heavy atom. The third kappa shape index (κ3) is 18.9. The Morgan fingerprint density at radius 2 is 0.881 bits per heavy atom. The number of hydrogen-bond acceptors (Lipinski definition) is 29. The van der Waals surface area contributed by atoms with Gasteiger partial charge in [-0.05, 0) is 157 Å². The molecule has 1 aliphatic rings. The van der Waals surface area contributed by atoms with E-state index in [0.29, 0.717) is 77.9 Å². The first-order chi connectivity index (χ1) is 52.0. The molecule has 1 unspecified atom stereocenters. The molecule has 29 nitrogen and oxygen atoms in total. The summed E-state index contributed by atoms with van der Waals surface area (Å²) in [4.78, 5) is 26.8. The summed E-state index contributed by atoms with van der Waals surface area (Å²) >= 11 is 0. The number of nitrogen functional groups attached to an aromatic ring is 3. The number of ether oxygens (including phenoxy) is 1. The highest BCUT2D eigenvalue weighted by Gasteiger charge is 2.32. The first-order valence-corrected chi connectivity index (χ1v) is 39.1. The summed E-state index contributed by atoms with van der Waals surface area (Å²) in [6.07, 6.45) is 6.00. The van der Waals surface area contributed by atoms with E-state index in [9.17, 15) is 39.1 Å². The van der Waals surface area contributed by atoms with Crippen LogP contribution in [0.1, 0.15) is 78.0 Å². The quantitative estimate of drug-likeness (QED) is 0.0261. The number of aromatic nitrogens is 12. The molecule has 0 saturated carbocycles.